The van der Waals surface area contributed by atoms with Gasteiger partial charge in [-0.05, 0) is 59.2 Å². The lowest BCUT2D eigenvalue weighted by molar-refractivity contribution is 0.309. The van der Waals surface area contributed by atoms with Crippen molar-refractivity contribution < 1.29 is 0 Å². The van der Waals surface area contributed by atoms with E-state index in [2.05, 4.69) is 47.2 Å². The van der Waals surface area contributed by atoms with Crippen molar-refractivity contribution in [3.8, 4) is 0 Å². The number of rotatable bonds is 3. The van der Waals surface area contributed by atoms with Gasteiger partial charge in [-0.25, -0.2) is 0 Å². The van der Waals surface area contributed by atoms with Crippen molar-refractivity contribution in [1.29, 1.82) is 0 Å². The van der Waals surface area contributed by atoms with Crippen LogP contribution in [0.2, 0.25) is 0 Å². The number of thiophene rings is 1. The minimum Gasteiger partial charge on any atom is -0.309 e. The molecular formula is C14H22BrNS. The van der Waals surface area contributed by atoms with Crippen LogP contribution in [0, 0.1) is 5.41 Å². The van der Waals surface area contributed by atoms with Crippen molar-refractivity contribution in [2.45, 2.75) is 58.5 Å². The topological polar surface area (TPSA) is 12.0 Å². The number of halogens is 1. The van der Waals surface area contributed by atoms with E-state index in [1.807, 2.05) is 11.3 Å². The molecule has 0 radical (unpaired) electrons. The van der Waals surface area contributed by atoms with Crippen molar-refractivity contribution in [1.82, 2.24) is 5.32 Å². The van der Waals surface area contributed by atoms with Gasteiger partial charge in [-0.3, -0.25) is 0 Å². The molecule has 0 spiro atoms. The molecule has 0 aliphatic heterocycles. The largest absolute Gasteiger partial charge is 0.309 e. The summed E-state index contributed by atoms with van der Waals surface area (Å²) in [5.74, 6) is 0. The summed E-state index contributed by atoms with van der Waals surface area (Å²) in [5.41, 5.74) is 0.558. The van der Waals surface area contributed by atoms with E-state index in [4.69, 9.17) is 0 Å². The third-order valence-electron chi connectivity index (χ3n) is 3.77. The lowest BCUT2D eigenvalue weighted by atomic mass is 9.85. The van der Waals surface area contributed by atoms with E-state index in [1.165, 1.54) is 40.8 Å². The predicted octanol–water partition coefficient (Wildman–Crippen LogP) is 4.96. The first-order valence-corrected chi connectivity index (χ1v) is 8.14. The SMILES string of the molecule is CC1(C)CCCC(NCc2ccc(Br)s2)CC1. The number of nitrogens with one attached hydrogen (secondary N) is 1. The molecule has 1 aromatic rings. The zero-order valence-electron chi connectivity index (χ0n) is 10.8. The van der Waals surface area contributed by atoms with Crippen LogP contribution in [0.5, 0.6) is 0 Å². The average Bonchev–Trinajstić information content (AvgIpc) is 2.59. The summed E-state index contributed by atoms with van der Waals surface area (Å²) >= 11 is 5.35. The Morgan fingerprint density at radius 1 is 1.35 bits per heavy atom. The molecule has 96 valence electrons. The van der Waals surface area contributed by atoms with Crippen molar-refractivity contribution in [3.63, 3.8) is 0 Å². The highest BCUT2D eigenvalue weighted by Gasteiger charge is 2.23. The van der Waals surface area contributed by atoms with Gasteiger partial charge in [0.05, 0.1) is 3.79 Å². The van der Waals surface area contributed by atoms with Gasteiger partial charge in [0.25, 0.3) is 0 Å². The molecule has 2 rings (SSSR count). The van der Waals surface area contributed by atoms with Gasteiger partial charge in [0.2, 0.25) is 0 Å². The Balaban J connectivity index is 1.79. The fourth-order valence-electron chi connectivity index (χ4n) is 2.56. The van der Waals surface area contributed by atoms with E-state index in [0.717, 1.165) is 12.6 Å². The fourth-order valence-corrected chi connectivity index (χ4v) is 3.99. The quantitative estimate of drug-likeness (QED) is 0.777. The third kappa shape index (κ3) is 4.38. The Bertz CT molecular complexity index is 359. The smallest absolute Gasteiger partial charge is 0.0701 e. The number of hydrogen-bond donors (Lipinski definition) is 1. The highest BCUT2D eigenvalue weighted by atomic mass is 79.9. The second-order valence-corrected chi connectivity index (χ2v) is 8.43. The van der Waals surface area contributed by atoms with Gasteiger partial charge < -0.3 is 5.32 Å². The first kappa shape index (κ1) is 13.6. The van der Waals surface area contributed by atoms with Crippen LogP contribution in [0.1, 0.15) is 50.8 Å². The van der Waals surface area contributed by atoms with Gasteiger partial charge >= 0.3 is 0 Å². The van der Waals surface area contributed by atoms with Gasteiger partial charge in [0.15, 0.2) is 0 Å². The van der Waals surface area contributed by atoms with Crippen molar-refractivity contribution in [2.75, 3.05) is 0 Å². The molecule has 17 heavy (non-hydrogen) atoms. The molecule has 1 aliphatic carbocycles. The molecule has 0 amide bonds. The van der Waals surface area contributed by atoms with E-state index >= 15 is 0 Å². The van der Waals surface area contributed by atoms with Crippen molar-refractivity contribution >= 4 is 27.3 Å². The molecule has 1 heterocycles. The Labute approximate surface area is 117 Å². The lowest BCUT2D eigenvalue weighted by Gasteiger charge is -2.22. The van der Waals surface area contributed by atoms with E-state index in [0.29, 0.717) is 5.41 Å². The summed E-state index contributed by atoms with van der Waals surface area (Å²) in [6.45, 7) is 5.85. The molecule has 1 aromatic heterocycles. The summed E-state index contributed by atoms with van der Waals surface area (Å²) in [5, 5.41) is 3.72. The van der Waals surface area contributed by atoms with Gasteiger partial charge in [-0.2, -0.15) is 0 Å². The highest BCUT2D eigenvalue weighted by molar-refractivity contribution is 9.11. The molecule has 0 aromatic carbocycles. The number of hydrogen-bond acceptors (Lipinski definition) is 2. The van der Waals surface area contributed by atoms with E-state index in [-0.39, 0.29) is 0 Å². The molecule has 1 aliphatic rings. The van der Waals surface area contributed by atoms with Crippen molar-refractivity contribution in [2.24, 2.45) is 5.41 Å². The van der Waals surface area contributed by atoms with Gasteiger partial charge in [-0.15, -0.1) is 11.3 Å². The summed E-state index contributed by atoms with van der Waals surface area (Å²) in [6.07, 6.45) is 6.79. The molecule has 3 heteroatoms. The molecule has 1 nitrogen and oxygen atoms in total. The first-order valence-electron chi connectivity index (χ1n) is 6.53. The molecule has 1 saturated carbocycles. The Hall–Kier alpha value is 0.140. The molecule has 0 saturated heterocycles. The van der Waals surface area contributed by atoms with Crippen LogP contribution < -0.4 is 5.32 Å². The molecule has 1 N–H and O–H groups in total. The van der Waals surface area contributed by atoms with Crippen LogP contribution in [0.15, 0.2) is 15.9 Å². The molecule has 1 atom stereocenters. The Morgan fingerprint density at radius 2 is 2.18 bits per heavy atom. The van der Waals surface area contributed by atoms with Crippen LogP contribution in [0.25, 0.3) is 0 Å². The van der Waals surface area contributed by atoms with Crippen LogP contribution in [0.3, 0.4) is 0 Å². The minimum atomic E-state index is 0.558. The zero-order valence-corrected chi connectivity index (χ0v) is 13.2. The molecular weight excluding hydrogens is 294 g/mol. The maximum atomic E-state index is 3.72. The summed E-state index contributed by atoms with van der Waals surface area (Å²) in [7, 11) is 0. The Kier molecular flexibility index (Phi) is 4.67. The van der Waals surface area contributed by atoms with Gasteiger partial charge in [0.1, 0.15) is 0 Å². The molecule has 1 unspecified atom stereocenters. The molecule has 0 bridgehead atoms. The first-order chi connectivity index (χ1) is 8.05. The Morgan fingerprint density at radius 3 is 2.88 bits per heavy atom. The normalized spacial score (nSPS) is 24.5. The summed E-state index contributed by atoms with van der Waals surface area (Å²) in [4.78, 5) is 1.43. The lowest BCUT2D eigenvalue weighted by Crippen LogP contribution is -2.27. The minimum absolute atomic E-state index is 0.558. The van der Waals surface area contributed by atoms with Crippen LogP contribution >= 0.6 is 27.3 Å². The second-order valence-electron chi connectivity index (χ2n) is 5.88. The van der Waals surface area contributed by atoms with Gasteiger partial charge in [-0.1, -0.05) is 20.3 Å². The van der Waals surface area contributed by atoms with E-state index < -0.39 is 0 Å². The maximum Gasteiger partial charge on any atom is 0.0701 e. The van der Waals surface area contributed by atoms with Crippen LogP contribution in [-0.4, -0.2) is 6.04 Å². The second kappa shape index (κ2) is 5.85. The summed E-state index contributed by atoms with van der Waals surface area (Å²) in [6, 6.07) is 5.07. The summed E-state index contributed by atoms with van der Waals surface area (Å²) < 4.78 is 1.23. The average molecular weight is 316 g/mol. The maximum absolute atomic E-state index is 3.72. The zero-order chi connectivity index (χ0) is 12.3. The highest BCUT2D eigenvalue weighted by Crippen LogP contribution is 2.34. The van der Waals surface area contributed by atoms with Gasteiger partial charge in [0, 0.05) is 17.5 Å². The predicted molar refractivity (Wildman–Crippen MR) is 79.5 cm³/mol. The van der Waals surface area contributed by atoms with Crippen LogP contribution in [-0.2, 0) is 6.54 Å². The monoisotopic (exact) mass is 315 g/mol. The molecule has 1 fully saturated rings. The fraction of sp³-hybridized carbons (Fsp3) is 0.714. The van der Waals surface area contributed by atoms with Crippen LogP contribution in [0.4, 0.5) is 0 Å². The standard InChI is InChI=1S/C14H22BrNS/c1-14(2)8-3-4-11(7-9-14)16-10-12-5-6-13(15)17-12/h5-6,11,16H,3-4,7-10H2,1-2H3. The van der Waals surface area contributed by atoms with E-state index in [9.17, 15) is 0 Å². The van der Waals surface area contributed by atoms with Crippen molar-refractivity contribution in [3.05, 3.63) is 20.8 Å². The third-order valence-corrected chi connectivity index (χ3v) is 5.39. The van der Waals surface area contributed by atoms with E-state index in [1.54, 1.807) is 0 Å².